The molecule has 0 spiro atoms. The van der Waals surface area contributed by atoms with Crippen LogP contribution in [0.15, 0.2) is 58.3 Å². The van der Waals surface area contributed by atoms with Crippen molar-refractivity contribution in [3.05, 3.63) is 68.8 Å². The Morgan fingerprint density at radius 2 is 1.29 bits per heavy atom. The molecule has 2 aromatic rings. The number of rotatable bonds is 5. The van der Waals surface area contributed by atoms with E-state index in [0.29, 0.717) is 12.1 Å². The quantitative estimate of drug-likeness (QED) is 0.436. The highest BCUT2D eigenvalue weighted by Crippen LogP contribution is 2.37. The first-order valence-electron chi connectivity index (χ1n) is 6.07. The van der Waals surface area contributed by atoms with Gasteiger partial charge in [-0.1, -0.05) is 24.3 Å². The summed E-state index contributed by atoms with van der Waals surface area (Å²) in [5.74, 6) is 0. The molecule has 0 aromatic heterocycles. The SMILES string of the molecule is O=[N+]([O-])c1cccc(S(=O)(=O)S(=O)(=O)c2ccccc2)c1[N+](=O)[O-]. The summed E-state index contributed by atoms with van der Waals surface area (Å²) >= 11 is 0. The van der Waals surface area contributed by atoms with E-state index in [0.717, 1.165) is 18.2 Å². The van der Waals surface area contributed by atoms with Crippen molar-refractivity contribution in [3.63, 3.8) is 0 Å². The Balaban J connectivity index is 2.83. The van der Waals surface area contributed by atoms with Gasteiger partial charge in [0.15, 0.2) is 4.90 Å². The zero-order chi connectivity index (χ0) is 18.1. The molecule has 126 valence electrons. The maximum Gasteiger partial charge on any atom is 0.365 e. The molecule has 0 bridgehead atoms. The van der Waals surface area contributed by atoms with Crippen LogP contribution in [0.2, 0.25) is 0 Å². The fraction of sp³-hybridized carbons (Fsp3) is 0. The first-order valence-corrected chi connectivity index (χ1v) is 9.56. The minimum atomic E-state index is -5.30. The van der Waals surface area contributed by atoms with E-state index in [1.807, 2.05) is 0 Å². The van der Waals surface area contributed by atoms with Crippen LogP contribution in [0.5, 0.6) is 0 Å². The molecule has 0 unspecified atom stereocenters. The van der Waals surface area contributed by atoms with Crippen molar-refractivity contribution < 1.29 is 26.7 Å². The van der Waals surface area contributed by atoms with Gasteiger partial charge in [0.25, 0.3) is 17.7 Å². The lowest BCUT2D eigenvalue weighted by Crippen LogP contribution is -2.18. The van der Waals surface area contributed by atoms with Crippen molar-refractivity contribution in [2.24, 2.45) is 0 Å². The molecular weight excluding hydrogens is 364 g/mol. The molecule has 0 saturated heterocycles. The number of benzene rings is 2. The Labute approximate surface area is 134 Å². The Morgan fingerprint density at radius 3 is 1.79 bits per heavy atom. The van der Waals surface area contributed by atoms with Crippen molar-refractivity contribution in [2.45, 2.75) is 9.79 Å². The third-order valence-corrected chi connectivity index (χ3v) is 8.09. The summed E-state index contributed by atoms with van der Waals surface area (Å²) in [5.41, 5.74) is -2.52. The molecular formula is C12H8N2O8S2. The fourth-order valence-electron chi connectivity index (χ4n) is 1.88. The fourth-order valence-corrected chi connectivity index (χ4v) is 5.72. The largest absolute Gasteiger partial charge is 0.365 e. The molecule has 0 aliphatic carbocycles. The normalized spacial score (nSPS) is 11.8. The Bertz CT molecular complexity index is 1030. The first kappa shape index (κ1) is 17.5. The van der Waals surface area contributed by atoms with Gasteiger partial charge in [-0.3, -0.25) is 20.2 Å². The molecule has 0 amide bonds. The molecule has 0 atom stereocenters. The van der Waals surface area contributed by atoms with E-state index in [-0.39, 0.29) is 0 Å². The second kappa shape index (κ2) is 5.98. The summed E-state index contributed by atoms with van der Waals surface area (Å²) in [6.07, 6.45) is 0. The van der Waals surface area contributed by atoms with Crippen LogP contribution in [-0.2, 0) is 17.7 Å². The van der Waals surface area contributed by atoms with Gasteiger partial charge in [0.05, 0.1) is 14.7 Å². The summed E-state index contributed by atoms with van der Waals surface area (Å²) < 4.78 is 49.5. The zero-order valence-corrected chi connectivity index (χ0v) is 13.2. The van der Waals surface area contributed by atoms with Crippen molar-refractivity contribution in [2.75, 3.05) is 0 Å². The van der Waals surface area contributed by atoms with Crippen LogP contribution < -0.4 is 0 Å². The van der Waals surface area contributed by atoms with Gasteiger partial charge in [0.2, 0.25) is 0 Å². The predicted molar refractivity (Wildman–Crippen MR) is 80.6 cm³/mol. The zero-order valence-electron chi connectivity index (χ0n) is 11.6. The highest BCUT2D eigenvalue weighted by atomic mass is 33.2. The molecule has 12 heteroatoms. The first-order chi connectivity index (χ1) is 11.1. The van der Waals surface area contributed by atoms with Crippen molar-refractivity contribution in [1.29, 1.82) is 0 Å². The average molecular weight is 372 g/mol. The number of hydrogen-bond acceptors (Lipinski definition) is 8. The van der Waals surface area contributed by atoms with Crippen LogP contribution in [0.4, 0.5) is 11.4 Å². The van der Waals surface area contributed by atoms with Gasteiger partial charge in [-0.25, -0.2) is 16.8 Å². The summed E-state index contributed by atoms with van der Waals surface area (Å²) in [7, 11) is -10.3. The number of para-hydroxylation sites is 1. The lowest BCUT2D eigenvalue weighted by Gasteiger charge is -2.07. The number of nitro groups is 2. The summed E-state index contributed by atoms with van der Waals surface area (Å²) in [6, 6.07) is 8.19. The summed E-state index contributed by atoms with van der Waals surface area (Å²) in [4.78, 5) is 17.7. The molecule has 24 heavy (non-hydrogen) atoms. The predicted octanol–water partition coefficient (Wildman–Crippen LogP) is 1.67. The molecule has 0 radical (unpaired) electrons. The maximum absolute atomic E-state index is 12.4. The highest BCUT2D eigenvalue weighted by molar-refractivity contribution is 8.67. The molecule has 0 aliphatic heterocycles. The third kappa shape index (κ3) is 2.72. The molecule has 0 N–H and O–H groups in total. The Hall–Kier alpha value is -2.86. The van der Waals surface area contributed by atoms with Gasteiger partial charge >= 0.3 is 11.4 Å². The molecule has 0 fully saturated rings. The number of hydrogen-bond donors (Lipinski definition) is 0. The Kier molecular flexibility index (Phi) is 4.36. The standard InChI is InChI=1S/C12H8N2O8S2/c15-13(16)10-7-4-8-11(12(10)14(17)18)24(21,22)23(19,20)9-5-2-1-3-6-9/h1-8H. The van der Waals surface area contributed by atoms with Crippen molar-refractivity contribution in [3.8, 4) is 0 Å². The van der Waals surface area contributed by atoms with Crippen LogP contribution in [0.3, 0.4) is 0 Å². The van der Waals surface area contributed by atoms with Crippen LogP contribution in [0.1, 0.15) is 0 Å². The second-order valence-electron chi connectivity index (χ2n) is 4.36. The topological polar surface area (TPSA) is 155 Å². The van der Waals surface area contributed by atoms with Crippen molar-refractivity contribution >= 4 is 29.1 Å². The van der Waals surface area contributed by atoms with Gasteiger partial charge < -0.3 is 0 Å². The summed E-state index contributed by atoms with van der Waals surface area (Å²) in [5, 5.41) is 22.0. The molecule has 2 aromatic carbocycles. The minimum absolute atomic E-state index is 0.606. The number of nitrogens with zero attached hydrogens (tertiary/aromatic N) is 2. The van der Waals surface area contributed by atoms with E-state index in [1.54, 1.807) is 0 Å². The maximum atomic E-state index is 12.4. The Morgan fingerprint density at radius 1 is 0.708 bits per heavy atom. The van der Waals surface area contributed by atoms with Gasteiger partial charge in [-0.2, -0.15) is 0 Å². The smallest absolute Gasteiger partial charge is 0.258 e. The van der Waals surface area contributed by atoms with Crippen LogP contribution >= 0.6 is 0 Å². The average Bonchev–Trinajstić information content (AvgIpc) is 2.54. The highest BCUT2D eigenvalue weighted by Gasteiger charge is 2.42. The molecule has 10 nitrogen and oxygen atoms in total. The van der Waals surface area contributed by atoms with Gasteiger partial charge in [-0.15, -0.1) is 0 Å². The number of nitro benzene ring substituents is 2. The van der Waals surface area contributed by atoms with E-state index >= 15 is 0 Å². The van der Waals surface area contributed by atoms with Crippen LogP contribution in [0, 0.1) is 20.2 Å². The molecule has 2 rings (SSSR count). The van der Waals surface area contributed by atoms with Gasteiger partial charge in [0, 0.05) is 6.07 Å². The van der Waals surface area contributed by atoms with Crippen molar-refractivity contribution in [1.82, 2.24) is 0 Å². The van der Waals surface area contributed by atoms with Crippen LogP contribution in [0.25, 0.3) is 0 Å². The monoisotopic (exact) mass is 372 g/mol. The van der Waals surface area contributed by atoms with E-state index in [9.17, 15) is 37.1 Å². The molecule has 0 aliphatic rings. The minimum Gasteiger partial charge on any atom is -0.258 e. The van der Waals surface area contributed by atoms with E-state index in [1.165, 1.54) is 18.2 Å². The second-order valence-corrected chi connectivity index (χ2v) is 9.72. The van der Waals surface area contributed by atoms with Gasteiger partial charge in [-0.05, 0) is 18.2 Å². The lowest BCUT2D eigenvalue weighted by molar-refractivity contribution is -0.424. The van der Waals surface area contributed by atoms with E-state index in [2.05, 4.69) is 0 Å². The molecule has 0 saturated carbocycles. The van der Waals surface area contributed by atoms with E-state index < -0.39 is 48.8 Å². The molecule has 0 heterocycles. The van der Waals surface area contributed by atoms with Gasteiger partial charge in [0.1, 0.15) is 0 Å². The lowest BCUT2D eigenvalue weighted by atomic mass is 10.3. The van der Waals surface area contributed by atoms with E-state index in [4.69, 9.17) is 0 Å². The van der Waals surface area contributed by atoms with Crippen LogP contribution in [-0.4, -0.2) is 26.7 Å². The summed E-state index contributed by atoms with van der Waals surface area (Å²) in [6.45, 7) is 0. The third-order valence-electron chi connectivity index (χ3n) is 2.95.